The summed E-state index contributed by atoms with van der Waals surface area (Å²) in [5.74, 6) is -1.50. The highest BCUT2D eigenvalue weighted by molar-refractivity contribution is 5.95. The zero-order valence-corrected chi connectivity index (χ0v) is 13.6. The first-order valence-corrected chi connectivity index (χ1v) is 8.12. The second-order valence-corrected chi connectivity index (χ2v) is 6.15. The topological polar surface area (TPSA) is 70.5 Å². The van der Waals surface area contributed by atoms with Crippen molar-refractivity contribution in [3.63, 3.8) is 0 Å². The van der Waals surface area contributed by atoms with Crippen LogP contribution in [0.4, 0.5) is 0 Å². The Hall–Kier alpha value is -2.69. The molecule has 124 valence electrons. The Morgan fingerprint density at radius 3 is 2.62 bits per heavy atom. The summed E-state index contributed by atoms with van der Waals surface area (Å²) in [4.78, 5) is 30.1. The number of pyridine rings is 1. The van der Waals surface area contributed by atoms with Gasteiger partial charge in [0.2, 0.25) is 0 Å². The van der Waals surface area contributed by atoms with Gasteiger partial charge in [-0.1, -0.05) is 30.3 Å². The lowest BCUT2D eigenvalue weighted by atomic mass is 9.90. The summed E-state index contributed by atoms with van der Waals surface area (Å²) < 4.78 is 0. The van der Waals surface area contributed by atoms with E-state index in [0.29, 0.717) is 24.9 Å². The van der Waals surface area contributed by atoms with E-state index in [2.05, 4.69) is 4.98 Å². The van der Waals surface area contributed by atoms with Crippen molar-refractivity contribution in [2.75, 3.05) is 6.54 Å². The number of nitrogens with zero attached hydrogens (tertiary/aromatic N) is 2. The van der Waals surface area contributed by atoms with E-state index in [0.717, 1.165) is 11.1 Å². The average molecular weight is 324 g/mol. The molecule has 1 fully saturated rings. The monoisotopic (exact) mass is 324 g/mol. The highest BCUT2D eigenvalue weighted by Crippen LogP contribution is 2.26. The molecule has 1 N–H and O–H groups in total. The lowest BCUT2D eigenvalue weighted by Crippen LogP contribution is -2.49. The van der Waals surface area contributed by atoms with Crippen LogP contribution in [-0.4, -0.2) is 39.5 Å². The number of rotatable bonds is 3. The number of likely N-dealkylation sites (tertiary alicyclic amines) is 1. The first-order valence-electron chi connectivity index (χ1n) is 8.12. The maximum Gasteiger partial charge on any atom is 0.308 e. The third-order valence-electron chi connectivity index (χ3n) is 4.66. The average Bonchev–Trinajstić information content (AvgIpc) is 2.62. The molecule has 0 radical (unpaired) electrons. The van der Waals surface area contributed by atoms with E-state index in [4.69, 9.17) is 0 Å². The highest BCUT2D eigenvalue weighted by atomic mass is 16.4. The van der Waals surface area contributed by atoms with Crippen LogP contribution < -0.4 is 0 Å². The highest BCUT2D eigenvalue weighted by Gasteiger charge is 2.35. The second kappa shape index (κ2) is 6.83. The van der Waals surface area contributed by atoms with Crippen molar-refractivity contribution in [1.29, 1.82) is 0 Å². The predicted molar refractivity (Wildman–Crippen MR) is 90.5 cm³/mol. The molecule has 2 aromatic rings. The summed E-state index contributed by atoms with van der Waals surface area (Å²) in [7, 11) is 0. The van der Waals surface area contributed by atoms with Crippen molar-refractivity contribution >= 4 is 11.9 Å². The van der Waals surface area contributed by atoms with E-state index in [1.165, 1.54) is 0 Å². The van der Waals surface area contributed by atoms with Gasteiger partial charge in [0.15, 0.2) is 0 Å². The summed E-state index contributed by atoms with van der Waals surface area (Å²) in [6.45, 7) is 2.39. The fourth-order valence-corrected chi connectivity index (χ4v) is 3.27. The summed E-state index contributed by atoms with van der Waals surface area (Å²) in [6.07, 6.45) is 4.60. The molecular weight excluding hydrogens is 304 g/mol. The zero-order valence-electron chi connectivity index (χ0n) is 13.6. The molecule has 24 heavy (non-hydrogen) atoms. The fourth-order valence-electron chi connectivity index (χ4n) is 3.27. The van der Waals surface area contributed by atoms with Crippen molar-refractivity contribution in [2.24, 2.45) is 5.92 Å². The first-order chi connectivity index (χ1) is 11.6. The van der Waals surface area contributed by atoms with Gasteiger partial charge in [0.25, 0.3) is 5.91 Å². The fraction of sp³-hybridized carbons (Fsp3) is 0.316. The second-order valence-electron chi connectivity index (χ2n) is 6.15. The van der Waals surface area contributed by atoms with Crippen LogP contribution in [0.15, 0.2) is 48.8 Å². The van der Waals surface area contributed by atoms with Gasteiger partial charge in [0, 0.05) is 30.5 Å². The molecule has 5 nitrogen and oxygen atoms in total. The van der Waals surface area contributed by atoms with E-state index in [1.54, 1.807) is 17.3 Å². The van der Waals surface area contributed by atoms with E-state index in [1.807, 2.05) is 43.3 Å². The molecule has 1 aliphatic rings. The van der Waals surface area contributed by atoms with Crippen LogP contribution in [0.1, 0.15) is 30.1 Å². The Morgan fingerprint density at radius 2 is 1.92 bits per heavy atom. The van der Waals surface area contributed by atoms with Crippen LogP contribution >= 0.6 is 0 Å². The number of aliphatic carboxylic acids is 1. The number of carboxylic acids is 1. The zero-order chi connectivity index (χ0) is 17.1. The summed E-state index contributed by atoms with van der Waals surface area (Å²) in [5, 5.41) is 9.32. The molecule has 1 aromatic carbocycles. The largest absolute Gasteiger partial charge is 0.481 e. The van der Waals surface area contributed by atoms with Crippen molar-refractivity contribution < 1.29 is 14.7 Å². The van der Waals surface area contributed by atoms with Gasteiger partial charge in [0.05, 0.1) is 11.5 Å². The molecule has 0 spiro atoms. The van der Waals surface area contributed by atoms with Crippen molar-refractivity contribution in [1.82, 2.24) is 9.88 Å². The summed E-state index contributed by atoms with van der Waals surface area (Å²) in [5.41, 5.74) is 2.37. The lowest BCUT2D eigenvalue weighted by Gasteiger charge is -2.37. The van der Waals surface area contributed by atoms with Crippen molar-refractivity contribution in [3.8, 4) is 11.1 Å². The van der Waals surface area contributed by atoms with Gasteiger partial charge in [-0.05, 0) is 31.4 Å². The van der Waals surface area contributed by atoms with Gasteiger partial charge in [-0.25, -0.2) is 0 Å². The van der Waals surface area contributed by atoms with Gasteiger partial charge < -0.3 is 10.0 Å². The first kappa shape index (κ1) is 16.2. The number of hydrogen-bond acceptors (Lipinski definition) is 3. The standard InChI is InChI=1S/C19H20N2O3/c1-13-17(19(23)24)8-5-9-21(13)18(22)16-10-15(11-20-12-16)14-6-3-2-4-7-14/h2-4,6-7,10-13,17H,5,8-9H2,1H3,(H,23,24)/t13-,17-/m1/s1. The quantitative estimate of drug-likeness (QED) is 0.942. The van der Waals surface area contributed by atoms with Gasteiger partial charge in [-0.15, -0.1) is 0 Å². The molecule has 2 heterocycles. The molecule has 0 aliphatic carbocycles. The SMILES string of the molecule is C[C@@H]1[C@H](C(=O)O)CCCN1C(=O)c1cncc(-c2ccccc2)c1. The van der Waals surface area contributed by atoms with Gasteiger partial charge in [0.1, 0.15) is 0 Å². The van der Waals surface area contributed by atoms with Crippen LogP contribution in [0.25, 0.3) is 11.1 Å². The number of amides is 1. The predicted octanol–water partition coefficient (Wildman–Crippen LogP) is 3.07. The number of carbonyl (C=O) groups excluding carboxylic acids is 1. The third-order valence-corrected chi connectivity index (χ3v) is 4.66. The molecular formula is C19H20N2O3. The number of piperidine rings is 1. The number of benzene rings is 1. The van der Waals surface area contributed by atoms with Crippen LogP contribution in [-0.2, 0) is 4.79 Å². The van der Waals surface area contributed by atoms with E-state index < -0.39 is 11.9 Å². The van der Waals surface area contributed by atoms with Gasteiger partial charge in [-0.3, -0.25) is 14.6 Å². The molecule has 1 aliphatic heterocycles. The van der Waals surface area contributed by atoms with Crippen LogP contribution in [0.2, 0.25) is 0 Å². The van der Waals surface area contributed by atoms with Gasteiger partial charge >= 0.3 is 5.97 Å². The Kier molecular flexibility index (Phi) is 4.60. The smallest absolute Gasteiger partial charge is 0.308 e. The molecule has 1 saturated heterocycles. The molecule has 0 bridgehead atoms. The molecule has 0 saturated carbocycles. The lowest BCUT2D eigenvalue weighted by molar-refractivity contribution is -0.144. The Bertz CT molecular complexity index is 745. The third kappa shape index (κ3) is 3.15. The van der Waals surface area contributed by atoms with Crippen LogP contribution in [0.5, 0.6) is 0 Å². The number of carbonyl (C=O) groups is 2. The maximum absolute atomic E-state index is 12.9. The van der Waals surface area contributed by atoms with Gasteiger partial charge in [-0.2, -0.15) is 0 Å². The number of carboxylic acid groups (broad SMARTS) is 1. The number of hydrogen-bond donors (Lipinski definition) is 1. The minimum absolute atomic E-state index is 0.154. The molecule has 5 heteroatoms. The maximum atomic E-state index is 12.9. The molecule has 3 rings (SSSR count). The Labute approximate surface area is 140 Å². The van der Waals surface area contributed by atoms with E-state index in [9.17, 15) is 14.7 Å². The molecule has 2 atom stereocenters. The van der Waals surface area contributed by atoms with Crippen molar-refractivity contribution in [3.05, 3.63) is 54.4 Å². The Balaban J connectivity index is 1.86. The summed E-state index contributed by atoms with van der Waals surface area (Å²) in [6, 6.07) is 11.3. The van der Waals surface area contributed by atoms with E-state index >= 15 is 0 Å². The summed E-state index contributed by atoms with van der Waals surface area (Å²) >= 11 is 0. The minimum Gasteiger partial charge on any atom is -0.481 e. The van der Waals surface area contributed by atoms with Crippen molar-refractivity contribution in [2.45, 2.75) is 25.8 Å². The molecule has 1 amide bonds. The molecule has 1 aromatic heterocycles. The van der Waals surface area contributed by atoms with E-state index in [-0.39, 0.29) is 11.9 Å². The minimum atomic E-state index is -0.837. The Morgan fingerprint density at radius 1 is 1.17 bits per heavy atom. The number of aromatic nitrogens is 1. The van der Waals surface area contributed by atoms with Crippen LogP contribution in [0, 0.1) is 5.92 Å². The normalized spacial score (nSPS) is 20.6. The molecule has 0 unspecified atom stereocenters. The van der Waals surface area contributed by atoms with Crippen LogP contribution in [0.3, 0.4) is 0 Å².